The van der Waals surface area contributed by atoms with Crippen LogP contribution in [0.25, 0.3) is 0 Å². The predicted octanol–water partition coefficient (Wildman–Crippen LogP) is 9.11. The molecular formula is C41H74O14P2. The molecule has 0 bridgehead atoms. The molecule has 0 aromatic heterocycles. The van der Waals surface area contributed by atoms with E-state index in [1.165, 1.54) is 38.5 Å². The molecule has 14 nitrogen and oxygen atoms in total. The molecule has 0 saturated heterocycles. The molecule has 5 N–H and O–H groups in total. The maximum atomic E-state index is 12.6. The van der Waals surface area contributed by atoms with Gasteiger partial charge in [0.1, 0.15) is 12.7 Å². The fourth-order valence-electron chi connectivity index (χ4n) is 5.28. The Balaban J connectivity index is 4.69. The molecule has 0 fully saturated rings. The number of carbonyl (C=O) groups excluding carboxylic acids is 2. The van der Waals surface area contributed by atoms with Gasteiger partial charge in [0.15, 0.2) is 6.10 Å². The van der Waals surface area contributed by atoms with E-state index in [9.17, 15) is 33.8 Å². The average Bonchev–Trinajstić information content (AvgIpc) is 3.14. The van der Waals surface area contributed by atoms with E-state index in [4.69, 9.17) is 23.8 Å². The van der Waals surface area contributed by atoms with E-state index in [-0.39, 0.29) is 12.8 Å². The Hall–Kier alpha value is -1.96. The number of unbranched alkanes of at least 4 members (excludes halogenated alkanes) is 11. The fourth-order valence-corrected chi connectivity index (χ4v) is 6.44. The second-order valence-corrected chi connectivity index (χ2v) is 17.3. The first kappa shape index (κ1) is 55.0. The van der Waals surface area contributed by atoms with Crippen molar-refractivity contribution in [2.45, 2.75) is 167 Å². The van der Waals surface area contributed by atoms with Crippen LogP contribution in [0.2, 0.25) is 0 Å². The van der Waals surface area contributed by atoms with Crippen LogP contribution in [-0.4, -0.2) is 81.6 Å². The van der Waals surface area contributed by atoms with Gasteiger partial charge in [0.05, 0.1) is 25.9 Å². The van der Waals surface area contributed by atoms with Gasteiger partial charge in [0.2, 0.25) is 0 Å². The topological polar surface area (TPSA) is 216 Å². The SMILES string of the molecule is CCCCC[C@H](O)/C=C/C=C\C/C=C\C/C=C\CCCC(=O)O[C@H](COC(=O)CCCCCCCCCCCC(C)C)COP(=O)(O)OC[C@@H](O)COP(=O)(O)O. The highest BCUT2D eigenvalue weighted by Gasteiger charge is 2.28. The Bertz CT molecular complexity index is 1230. The normalized spacial score (nSPS) is 15.2. The van der Waals surface area contributed by atoms with Crippen molar-refractivity contribution in [2.24, 2.45) is 5.92 Å². The molecule has 57 heavy (non-hydrogen) atoms. The Morgan fingerprint density at radius 3 is 1.82 bits per heavy atom. The van der Waals surface area contributed by atoms with Gasteiger partial charge in [0.25, 0.3) is 0 Å². The van der Waals surface area contributed by atoms with E-state index in [1.54, 1.807) is 6.08 Å². The Morgan fingerprint density at radius 1 is 0.614 bits per heavy atom. The summed E-state index contributed by atoms with van der Waals surface area (Å²) in [6, 6.07) is 0. The van der Waals surface area contributed by atoms with Crippen molar-refractivity contribution in [3.8, 4) is 0 Å². The zero-order valence-electron chi connectivity index (χ0n) is 34.7. The lowest BCUT2D eigenvalue weighted by atomic mass is 10.0. The lowest BCUT2D eigenvalue weighted by molar-refractivity contribution is -0.161. The highest BCUT2D eigenvalue weighted by atomic mass is 31.2. The summed E-state index contributed by atoms with van der Waals surface area (Å²) in [5, 5.41) is 19.6. The number of phosphoric ester groups is 2. The Kier molecular flexibility index (Phi) is 34.7. The number of allylic oxidation sites excluding steroid dienone is 7. The number of ether oxygens (including phenoxy) is 2. The molecule has 0 spiro atoms. The number of aliphatic hydroxyl groups excluding tert-OH is 2. The van der Waals surface area contributed by atoms with Crippen LogP contribution < -0.4 is 0 Å². The molecule has 0 aliphatic carbocycles. The third kappa shape index (κ3) is 40.6. The van der Waals surface area contributed by atoms with E-state index in [1.807, 2.05) is 42.5 Å². The lowest BCUT2D eigenvalue weighted by Crippen LogP contribution is -2.29. The van der Waals surface area contributed by atoms with Crippen LogP contribution in [0.4, 0.5) is 0 Å². The molecule has 0 rings (SSSR count). The van der Waals surface area contributed by atoms with Crippen LogP contribution >= 0.6 is 15.6 Å². The van der Waals surface area contributed by atoms with Crippen LogP contribution in [0.3, 0.4) is 0 Å². The summed E-state index contributed by atoms with van der Waals surface area (Å²) >= 11 is 0. The maximum absolute atomic E-state index is 12.6. The Labute approximate surface area is 342 Å². The summed E-state index contributed by atoms with van der Waals surface area (Å²) in [6.45, 7) is 3.82. The van der Waals surface area contributed by atoms with E-state index >= 15 is 0 Å². The first-order valence-corrected chi connectivity index (χ1v) is 23.8. The standard InChI is InChI=1S/C41H74O14P2/c1-4-5-22-28-37(42)29-24-19-15-11-7-6-8-12-17-21-26-31-41(45)55-39(35-54-57(49,50)53-33-38(43)32-52-56(46,47)48)34-51-40(44)30-25-20-16-13-9-10-14-18-23-27-36(2)3/h6-7,12,15,17,19,24,29,36-39,42-43H,4-5,8-11,13-14,16,18,20-23,25-28,30-35H2,1-3H3,(H,49,50)(H2,46,47,48)/b7-6-,17-12-,19-15-,29-24+/t37-,38-,39+/m0/s1. The van der Waals surface area contributed by atoms with Crippen LogP contribution in [0.1, 0.15) is 149 Å². The van der Waals surface area contributed by atoms with Crippen molar-refractivity contribution in [1.29, 1.82) is 0 Å². The quantitative estimate of drug-likeness (QED) is 0.0129. The minimum atomic E-state index is -4.87. The van der Waals surface area contributed by atoms with Crippen LogP contribution in [-0.2, 0) is 41.8 Å². The Morgan fingerprint density at radius 2 is 1.18 bits per heavy atom. The molecule has 0 aliphatic heterocycles. The number of aliphatic hydroxyl groups is 2. The largest absolute Gasteiger partial charge is 0.472 e. The van der Waals surface area contributed by atoms with Gasteiger partial charge in [-0.25, -0.2) is 9.13 Å². The van der Waals surface area contributed by atoms with Crippen LogP contribution in [0, 0.1) is 5.92 Å². The molecular weight excluding hydrogens is 778 g/mol. The molecule has 0 aromatic rings. The minimum absolute atomic E-state index is 0.0350. The lowest BCUT2D eigenvalue weighted by Gasteiger charge is -2.20. The van der Waals surface area contributed by atoms with Crippen LogP contribution in [0.15, 0.2) is 48.6 Å². The summed E-state index contributed by atoms with van der Waals surface area (Å²) in [6.07, 6.45) is 30.3. The predicted molar refractivity (Wildman–Crippen MR) is 222 cm³/mol. The van der Waals surface area contributed by atoms with Gasteiger partial charge in [0, 0.05) is 12.8 Å². The molecule has 0 saturated carbocycles. The van der Waals surface area contributed by atoms with E-state index in [0.29, 0.717) is 19.3 Å². The molecule has 0 aliphatic rings. The third-order valence-corrected chi connectivity index (χ3v) is 9.93. The fraction of sp³-hybridized carbons (Fsp3) is 0.756. The maximum Gasteiger partial charge on any atom is 0.472 e. The summed E-state index contributed by atoms with van der Waals surface area (Å²) < 4.78 is 47.6. The van der Waals surface area contributed by atoms with Gasteiger partial charge >= 0.3 is 27.6 Å². The average molecular weight is 853 g/mol. The molecule has 0 radical (unpaired) electrons. The second-order valence-electron chi connectivity index (χ2n) is 14.6. The van der Waals surface area contributed by atoms with Crippen molar-refractivity contribution >= 4 is 27.6 Å². The number of hydrogen-bond acceptors (Lipinski definition) is 11. The molecule has 0 aromatic carbocycles. The van der Waals surface area contributed by atoms with Gasteiger partial charge < -0.3 is 34.4 Å². The zero-order chi connectivity index (χ0) is 42.6. The highest BCUT2D eigenvalue weighted by Crippen LogP contribution is 2.43. The monoisotopic (exact) mass is 852 g/mol. The van der Waals surface area contributed by atoms with Gasteiger partial charge in [-0.2, -0.15) is 0 Å². The summed E-state index contributed by atoms with van der Waals surface area (Å²) in [4.78, 5) is 52.5. The number of esters is 2. The number of carbonyl (C=O) groups is 2. The molecule has 4 atom stereocenters. The first-order valence-electron chi connectivity index (χ1n) is 20.8. The summed E-state index contributed by atoms with van der Waals surface area (Å²) in [5.41, 5.74) is 0. The summed E-state index contributed by atoms with van der Waals surface area (Å²) in [7, 11) is -9.70. The van der Waals surface area contributed by atoms with Crippen LogP contribution in [0.5, 0.6) is 0 Å². The first-order chi connectivity index (χ1) is 27.1. The van der Waals surface area contributed by atoms with Crippen molar-refractivity contribution < 1.29 is 66.7 Å². The zero-order valence-corrected chi connectivity index (χ0v) is 36.5. The smallest absolute Gasteiger partial charge is 0.462 e. The van der Waals surface area contributed by atoms with Gasteiger partial charge in [-0.3, -0.25) is 23.2 Å². The number of hydrogen-bond donors (Lipinski definition) is 5. The number of rotatable bonds is 38. The molecule has 0 amide bonds. The van der Waals surface area contributed by atoms with Crippen molar-refractivity contribution in [3.05, 3.63) is 48.6 Å². The second kappa shape index (κ2) is 35.9. The molecule has 16 heteroatoms. The molecule has 332 valence electrons. The third-order valence-electron chi connectivity index (χ3n) is 8.49. The van der Waals surface area contributed by atoms with Crippen molar-refractivity contribution in [2.75, 3.05) is 26.4 Å². The molecule has 1 unspecified atom stereocenters. The van der Waals surface area contributed by atoms with Gasteiger partial charge in [-0.05, 0) is 44.4 Å². The summed E-state index contributed by atoms with van der Waals surface area (Å²) in [5.74, 6) is -0.374. The van der Waals surface area contributed by atoms with Gasteiger partial charge in [-0.15, -0.1) is 0 Å². The van der Waals surface area contributed by atoms with E-state index < -0.39 is 72.3 Å². The van der Waals surface area contributed by atoms with Crippen molar-refractivity contribution in [3.63, 3.8) is 0 Å². The molecule has 0 heterocycles. The highest BCUT2D eigenvalue weighted by molar-refractivity contribution is 7.47. The number of phosphoric acid groups is 2. The minimum Gasteiger partial charge on any atom is -0.462 e. The van der Waals surface area contributed by atoms with E-state index in [0.717, 1.165) is 63.7 Å². The van der Waals surface area contributed by atoms with E-state index in [2.05, 4.69) is 29.8 Å². The van der Waals surface area contributed by atoms with Gasteiger partial charge in [-0.1, -0.05) is 146 Å². The van der Waals surface area contributed by atoms with Crippen molar-refractivity contribution in [1.82, 2.24) is 0 Å².